The third kappa shape index (κ3) is 5.11. The average Bonchev–Trinajstić information content (AvgIpc) is 3.28. The number of methoxy groups -OCH3 is 1. The molecule has 1 amide bonds. The monoisotopic (exact) mass is 385 g/mol. The number of aromatic nitrogens is 2. The zero-order chi connectivity index (χ0) is 19.9. The van der Waals surface area contributed by atoms with Crippen molar-refractivity contribution in [3.8, 4) is 0 Å². The maximum atomic E-state index is 12.1. The Morgan fingerprint density at radius 1 is 1.32 bits per heavy atom. The molecule has 7 nitrogen and oxygen atoms in total. The number of hydrogen-bond donors (Lipinski definition) is 1. The van der Waals surface area contributed by atoms with Crippen LogP contribution in [0.5, 0.6) is 0 Å². The van der Waals surface area contributed by atoms with E-state index in [4.69, 9.17) is 4.74 Å². The van der Waals surface area contributed by atoms with Crippen molar-refractivity contribution in [2.45, 2.75) is 18.4 Å². The second-order valence-corrected chi connectivity index (χ2v) is 7.48. The fourth-order valence-electron chi connectivity index (χ4n) is 3.93. The smallest absolute Gasteiger partial charge is 0.246 e. The van der Waals surface area contributed by atoms with E-state index in [2.05, 4.69) is 51.4 Å². The number of hydrogen-bond acceptors (Lipinski definition) is 5. The molecular formula is C21H31N5O2. The lowest BCUT2D eigenvalue weighted by atomic mass is 10.0. The summed E-state index contributed by atoms with van der Waals surface area (Å²) in [6.07, 6.45) is 4.85. The summed E-state index contributed by atoms with van der Waals surface area (Å²) in [6, 6.07) is 10.5. The molecule has 1 aromatic heterocycles. The van der Waals surface area contributed by atoms with Crippen molar-refractivity contribution < 1.29 is 9.53 Å². The van der Waals surface area contributed by atoms with Crippen LogP contribution in [0.3, 0.4) is 0 Å². The van der Waals surface area contributed by atoms with E-state index >= 15 is 0 Å². The van der Waals surface area contributed by atoms with Crippen molar-refractivity contribution in [3.05, 3.63) is 48.5 Å². The molecule has 1 aromatic carbocycles. The minimum Gasteiger partial charge on any atom is -0.375 e. The first-order valence-corrected chi connectivity index (χ1v) is 9.82. The molecular weight excluding hydrogens is 354 g/mol. The Labute approximate surface area is 167 Å². The second kappa shape index (κ2) is 9.71. The normalized spacial score (nSPS) is 19.7. The molecule has 0 spiro atoms. The lowest BCUT2D eigenvalue weighted by Gasteiger charge is -2.21. The lowest BCUT2D eigenvalue weighted by molar-refractivity contribution is -0.125. The van der Waals surface area contributed by atoms with E-state index in [1.165, 1.54) is 5.69 Å². The Morgan fingerprint density at radius 2 is 2.11 bits per heavy atom. The molecule has 1 saturated heterocycles. The van der Waals surface area contributed by atoms with Gasteiger partial charge in [0.2, 0.25) is 5.91 Å². The van der Waals surface area contributed by atoms with Gasteiger partial charge in [-0.2, -0.15) is 0 Å². The number of aryl methyl sites for hydroxylation is 1. The Morgan fingerprint density at radius 3 is 2.79 bits per heavy atom. The van der Waals surface area contributed by atoms with Crippen LogP contribution in [0.4, 0.5) is 5.69 Å². The van der Waals surface area contributed by atoms with E-state index in [-0.39, 0.29) is 24.5 Å². The van der Waals surface area contributed by atoms with Crippen molar-refractivity contribution in [3.63, 3.8) is 0 Å². The molecule has 0 saturated carbocycles. The van der Waals surface area contributed by atoms with Gasteiger partial charge in [-0.15, -0.1) is 0 Å². The van der Waals surface area contributed by atoms with E-state index < -0.39 is 0 Å². The van der Waals surface area contributed by atoms with Gasteiger partial charge in [-0.1, -0.05) is 18.2 Å². The minimum atomic E-state index is -0.0719. The highest BCUT2D eigenvalue weighted by molar-refractivity contribution is 5.77. The zero-order valence-corrected chi connectivity index (χ0v) is 17.0. The van der Waals surface area contributed by atoms with Crippen LogP contribution in [0.15, 0.2) is 42.7 Å². The molecule has 0 aliphatic carbocycles. The number of nitrogens with one attached hydrogen (secondary N) is 1. The van der Waals surface area contributed by atoms with Crippen molar-refractivity contribution in [1.29, 1.82) is 0 Å². The highest BCUT2D eigenvalue weighted by Crippen LogP contribution is 2.26. The highest BCUT2D eigenvalue weighted by Gasteiger charge is 2.36. The van der Waals surface area contributed by atoms with Crippen LogP contribution in [0.1, 0.15) is 18.2 Å². The molecule has 3 rings (SSSR count). The first-order valence-electron chi connectivity index (χ1n) is 9.82. The molecule has 2 heterocycles. The first kappa shape index (κ1) is 20.4. The SMILES string of the molecule is COCC(=O)N[C@@H]1CN(CCCN(C)c2ccccc2)C[C@H]1c1nccn1C. The van der Waals surface area contributed by atoms with Crippen LogP contribution in [-0.4, -0.2) is 73.3 Å². The van der Waals surface area contributed by atoms with Crippen LogP contribution >= 0.6 is 0 Å². The van der Waals surface area contributed by atoms with Crippen LogP contribution in [0, 0.1) is 0 Å². The number of ether oxygens (including phenoxy) is 1. The fraction of sp³-hybridized carbons (Fsp3) is 0.524. The van der Waals surface area contributed by atoms with Crippen LogP contribution in [-0.2, 0) is 16.6 Å². The summed E-state index contributed by atoms with van der Waals surface area (Å²) in [5.74, 6) is 1.14. The molecule has 152 valence electrons. The maximum absolute atomic E-state index is 12.1. The average molecular weight is 386 g/mol. The number of para-hydroxylation sites is 1. The maximum Gasteiger partial charge on any atom is 0.246 e. The molecule has 0 radical (unpaired) electrons. The van der Waals surface area contributed by atoms with Crippen molar-refractivity contribution in [2.24, 2.45) is 7.05 Å². The van der Waals surface area contributed by atoms with Gasteiger partial charge in [-0.25, -0.2) is 4.98 Å². The molecule has 7 heteroatoms. The van der Waals surface area contributed by atoms with Gasteiger partial charge in [0.15, 0.2) is 0 Å². The molecule has 1 fully saturated rings. The van der Waals surface area contributed by atoms with Gasteiger partial charge in [0.1, 0.15) is 12.4 Å². The van der Waals surface area contributed by atoms with Gasteiger partial charge in [0, 0.05) is 58.9 Å². The lowest BCUT2D eigenvalue weighted by Crippen LogP contribution is -2.42. The van der Waals surface area contributed by atoms with Crippen molar-refractivity contribution in [2.75, 3.05) is 51.8 Å². The van der Waals surface area contributed by atoms with Gasteiger partial charge < -0.3 is 24.4 Å². The summed E-state index contributed by atoms with van der Waals surface area (Å²) >= 11 is 0. The largest absolute Gasteiger partial charge is 0.375 e. The third-order valence-electron chi connectivity index (χ3n) is 5.37. The Bertz CT molecular complexity index is 748. The van der Waals surface area contributed by atoms with Crippen LogP contribution < -0.4 is 10.2 Å². The highest BCUT2D eigenvalue weighted by atomic mass is 16.5. The first-order chi connectivity index (χ1) is 13.6. The second-order valence-electron chi connectivity index (χ2n) is 7.48. The molecule has 0 bridgehead atoms. The summed E-state index contributed by atoms with van der Waals surface area (Å²) in [5.41, 5.74) is 1.24. The standard InChI is InChI=1S/C21H31N5O2/c1-24(17-8-5-4-6-9-17)11-7-12-26-14-18(21-22-10-13-25(21)2)19(15-26)23-20(27)16-28-3/h4-6,8-10,13,18-19H,7,11-12,14-16H2,1-3H3,(H,23,27)/t18-,19-/m1/s1. The van der Waals surface area contributed by atoms with Crippen LogP contribution in [0.25, 0.3) is 0 Å². The van der Waals surface area contributed by atoms with Crippen molar-refractivity contribution >= 4 is 11.6 Å². The van der Waals surface area contributed by atoms with Gasteiger partial charge in [-0.3, -0.25) is 4.79 Å². The quantitative estimate of drug-likeness (QED) is 0.708. The van der Waals surface area contributed by atoms with Gasteiger partial charge in [0.25, 0.3) is 0 Å². The molecule has 2 aromatic rings. The number of nitrogens with zero attached hydrogens (tertiary/aromatic N) is 4. The van der Waals surface area contributed by atoms with E-state index in [1.807, 2.05) is 30.1 Å². The molecule has 28 heavy (non-hydrogen) atoms. The number of amides is 1. The number of rotatable bonds is 9. The Hall–Kier alpha value is -2.38. The number of likely N-dealkylation sites (tertiary alicyclic amines) is 1. The number of benzene rings is 1. The predicted octanol–water partition coefficient (Wildman–Crippen LogP) is 1.48. The Kier molecular flexibility index (Phi) is 7.06. The molecule has 1 N–H and O–H groups in total. The van der Waals surface area contributed by atoms with Crippen molar-refractivity contribution in [1.82, 2.24) is 19.8 Å². The number of anilines is 1. The van der Waals surface area contributed by atoms with Gasteiger partial charge in [-0.05, 0) is 25.1 Å². The fourth-order valence-corrected chi connectivity index (χ4v) is 3.93. The number of imidazole rings is 1. The Balaban J connectivity index is 1.56. The van der Waals surface area contributed by atoms with Crippen LogP contribution in [0.2, 0.25) is 0 Å². The molecule has 1 aliphatic heterocycles. The summed E-state index contributed by atoms with van der Waals surface area (Å²) in [5, 5.41) is 3.13. The van der Waals surface area contributed by atoms with E-state index in [0.717, 1.165) is 38.4 Å². The third-order valence-corrected chi connectivity index (χ3v) is 5.37. The molecule has 0 unspecified atom stereocenters. The van der Waals surface area contributed by atoms with E-state index in [1.54, 1.807) is 7.11 Å². The van der Waals surface area contributed by atoms with Gasteiger partial charge >= 0.3 is 0 Å². The molecule has 2 atom stereocenters. The zero-order valence-electron chi connectivity index (χ0n) is 17.0. The van der Waals surface area contributed by atoms with E-state index in [0.29, 0.717) is 0 Å². The summed E-state index contributed by atoms with van der Waals surface area (Å²) in [6.45, 7) is 3.81. The minimum absolute atomic E-state index is 0.0515. The van der Waals surface area contributed by atoms with Gasteiger partial charge in [0.05, 0.1) is 12.0 Å². The number of carbonyl (C=O) groups is 1. The predicted molar refractivity (Wildman–Crippen MR) is 111 cm³/mol. The van der Waals surface area contributed by atoms with E-state index in [9.17, 15) is 4.79 Å². The summed E-state index contributed by atoms with van der Waals surface area (Å²) < 4.78 is 7.02. The summed E-state index contributed by atoms with van der Waals surface area (Å²) in [4.78, 5) is 21.3. The molecule has 1 aliphatic rings. The number of carbonyl (C=O) groups excluding carboxylic acids is 1. The summed E-state index contributed by atoms with van der Waals surface area (Å²) in [7, 11) is 5.68. The topological polar surface area (TPSA) is 62.6 Å².